The third kappa shape index (κ3) is 3.75. The molecule has 0 aromatic carbocycles. The number of halogens is 4. The molecule has 7 heteroatoms. The maximum Gasteiger partial charge on any atom is 0.391 e. The number of amides is 1. The van der Waals surface area contributed by atoms with Crippen molar-refractivity contribution >= 4 is 18.3 Å². The number of nitrogens with one attached hydrogen (secondary N) is 2. The Kier molecular flexibility index (Phi) is 5.28. The molecule has 1 saturated carbocycles. The van der Waals surface area contributed by atoms with Crippen LogP contribution in [0.3, 0.4) is 0 Å². The Bertz CT molecular complexity index is 295. The second-order valence-corrected chi connectivity index (χ2v) is 4.97. The Labute approximate surface area is 110 Å². The second kappa shape index (κ2) is 6.10. The fraction of sp³-hybridized carbons (Fsp3) is 0.909. The molecule has 0 radical (unpaired) electrons. The van der Waals surface area contributed by atoms with Crippen molar-refractivity contribution in [3.63, 3.8) is 0 Å². The molecule has 0 spiro atoms. The number of rotatable bonds is 2. The summed E-state index contributed by atoms with van der Waals surface area (Å²) in [6.07, 6.45) is -2.69. The molecule has 3 nitrogen and oxygen atoms in total. The number of carbonyl (C=O) groups is 1. The van der Waals surface area contributed by atoms with Gasteiger partial charge in [-0.2, -0.15) is 13.2 Å². The van der Waals surface area contributed by atoms with E-state index in [0.717, 1.165) is 0 Å². The molecular formula is C11H18ClF3N2O. The largest absolute Gasteiger partial charge is 0.391 e. The van der Waals surface area contributed by atoms with Crippen molar-refractivity contribution in [1.29, 1.82) is 0 Å². The van der Waals surface area contributed by atoms with Gasteiger partial charge in [-0.15, -0.1) is 12.4 Å². The van der Waals surface area contributed by atoms with Crippen molar-refractivity contribution in [2.45, 2.75) is 37.9 Å². The molecule has 2 fully saturated rings. The zero-order valence-corrected chi connectivity index (χ0v) is 10.7. The van der Waals surface area contributed by atoms with Crippen molar-refractivity contribution in [2.24, 2.45) is 11.8 Å². The van der Waals surface area contributed by atoms with E-state index >= 15 is 0 Å². The predicted octanol–water partition coefficient (Wildman–Crippen LogP) is 1.86. The molecule has 106 valence electrons. The fourth-order valence-corrected chi connectivity index (χ4v) is 2.41. The molecule has 2 atom stereocenters. The van der Waals surface area contributed by atoms with Crippen molar-refractivity contribution < 1.29 is 18.0 Å². The summed E-state index contributed by atoms with van der Waals surface area (Å²) in [6.45, 7) is 1.28. The van der Waals surface area contributed by atoms with E-state index in [0.29, 0.717) is 25.9 Å². The topological polar surface area (TPSA) is 41.1 Å². The van der Waals surface area contributed by atoms with E-state index in [1.807, 2.05) is 0 Å². The van der Waals surface area contributed by atoms with Crippen LogP contribution < -0.4 is 10.6 Å². The third-order valence-electron chi connectivity index (χ3n) is 3.64. The van der Waals surface area contributed by atoms with Crippen molar-refractivity contribution in [3.05, 3.63) is 0 Å². The first-order chi connectivity index (χ1) is 7.97. The highest BCUT2D eigenvalue weighted by molar-refractivity contribution is 5.85. The first-order valence-corrected chi connectivity index (χ1v) is 6.04. The second-order valence-electron chi connectivity index (χ2n) is 4.97. The van der Waals surface area contributed by atoms with Crippen LogP contribution in [0.1, 0.15) is 25.7 Å². The molecule has 18 heavy (non-hydrogen) atoms. The van der Waals surface area contributed by atoms with Gasteiger partial charge in [0.2, 0.25) is 5.91 Å². The standard InChI is InChI=1S/C11H17F3N2O.ClH/c12-11(13,14)8-2-1-3-9(4-8)16-10(17)7-5-15-6-7;/h7-9,15H,1-6H2,(H,16,17);1H. The molecule has 2 rings (SSSR count). The van der Waals surface area contributed by atoms with Gasteiger partial charge in [-0.1, -0.05) is 6.42 Å². The van der Waals surface area contributed by atoms with Gasteiger partial charge in [-0.3, -0.25) is 4.79 Å². The van der Waals surface area contributed by atoms with Crippen LogP contribution in [0.25, 0.3) is 0 Å². The summed E-state index contributed by atoms with van der Waals surface area (Å²) in [5.41, 5.74) is 0. The van der Waals surface area contributed by atoms with Gasteiger partial charge in [0, 0.05) is 19.1 Å². The average Bonchev–Trinajstić information content (AvgIpc) is 2.13. The van der Waals surface area contributed by atoms with E-state index in [4.69, 9.17) is 0 Å². The maximum atomic E-state index is 12.6. The monoisotopic (exact) mass is 286 g/mol. The summed E-state index contributed by atoms with van der Waals surface area (Å²) in [5.74, 6) is -1.40. The molecule has 2 aliphatic rings. The number of hydrogen-bond donors (Lipinski definition) is 2. The minimum atomic E-state index is -4.12. The molecule has 0 aromatic heterocycles. The van der Waals surface area contributed by atoms with Crippen LogP contribution in [0.4, 0.5) is 13.2 Å². The van der Waals surface area contributed by atoms with Gasteiger partial charge < -0.3 is 10.6 Å². The molecule has 1 saturated heterocycles. The van der Waals surface area contributed by atoms with Gasteiger partial charge in [0.15, 0.2) is 0 Å². The SMILES string of the molecule is Cl.O=C(NC1CCCC(C(F)(F)F)C1)C1CNC1. The van der Waals surface area contributed by atoms with Crippen LogP contribution in [-0.2, 0) is 4.79 Å². The number of alkyl halides is 3. The molecule has 0 bridgehead atoms. The van der Waals surface area contributed by atoms with E-state index < -0.39 is 12.1 Å². The van der Waals surface area contributed by atoms with Gasteiger partial charge >= 0.3 is 6.18 Å². The molecule has 2 N–H and O–H groups in total. The first-order valence-electron chi connectivity index (χ1n) is 6.04. The quantitative estimate of drug-likeness (QED) is 0.814. The Morgan fingerprint density at radius 2 is 1.89 bits per heavy atom. The van der Waals surface area contributed by atoms with E-state index in [1.165, 1.54) is 0 Å². The average molecular weight is 287 g/mol. The first kappa shape index (κ1) is 15.6. The smallest absolute Gasteiger partial charge is 0.353 e. The lowest BCUT2D eigenvalue weighted by Gasteiger charge is -2.33. The van der Waals surface area contributed by atoms with Crippen LogP contribution in [0, 0.1) is 11.8 Å². The summed E-state index contributed by atoms with van der Waals surface area (Å²) in [7, 11) is 0. The minimum Gasteiger partial charge on any atom is -0.353 e. The molecule has 2 unspecified atom stereocenters. The summed E-state index contributed by atoms with van der Waals surface area (Å²) in [5, 5.41) is 5.72. The lowest BCUT2D eigenvalue weighted by molar-refractivity contribution is -0.184. The lowest BCUT2D eigenvalue weighted by Crippen LogP contribution is -2.53. The molecule has 1 heterocycles. The van der Waals surface area contributed by atoms with Gasteiger partial charge in [-0.05, 0) is 19.3 Å². The highest BCUT2D eigenvalue weighted by Crippen LogP contribution is 2.37. The van der Waals surface area contributed by atoms with E-state index in [-0.39, 0.29) is 43.1 Å². The summed E-state index contributed by atoms with van der Waals surface area (Å²) in [4.78, 5) is 11.6. The van der Waals surface area contributed by atoms with Crippen LogP contribution in [0.5, 0.6) is 0 Å². The minimum absolute atomic E-state index is 0. The van der Waals surface area contributed by atoms with Crippen LogP contribution in [-0.4, -0.2) is 31.2 Å². The molecule has 1 amide bonds. The molecule has 1 aliphatic carbocycles. The highest BCUT2D eigenvalue weighted by atomic mass is 35.5. The normalized spacial score (nSPS) is 29.1. The van der Waals surface area contributed by atoms with Gasteiger partial charge in [0.25, 0.3) is 0 Å². The highest BCUT2D eigenvalue weighted by Gasteiger charge is 2.42. The Morgan fingerprint density at radius 1 is 1.22 bits per heavy atom. The van der Waals surface area contributed by atoms with Crippen molar-refractivity contribution in [1.82, 2.24) is 10.6 Å². The molecule has 0 aromatic rings. The summed E-state index contributed by atoms with van der Waals surface area (Å²) in [6, 6.07) is -0.302. The van der Waals surface area contributed by atoms with Crippen LogP contribution >= 0.6 is 12.4 Å². The van der Waals surface area contributed by atoms with Crippen LogP contribution in [0.15, 0.2) is 0 Å². The zero-order valence-electron chi connectivity index (χ0n) is 9.93. The van der Waals surface area contributed by atoms with E-state index in [9.17, 15) is 18.0 Å². The van der Waals surface area contributed by atoms with E-state index in [2.05, 4.69) is 10.6 Å². The predicted molar refractivity (Wildman–Crippen MR) is 63.6 cm³/mol. The summed E-state index contributed by atoms with van der Waals surface area (Å²) < 4.78 is 37.7. The molecule has 1 aliphatic heterocycles. The fourth-order valence-electron chi connectivity index (χ4n) is 2.41. The number of hydrogen-bond acceptors (Lipinski definition) is 2. The Hall–Kier alpha value is -0.490. The lowest BCUT2D eigenvalue weighted by atomic mass is 9.85. The third-order valence-corrected chi connectivity index (χ3v) is 3.64. The van der Waals surface area contributed by atoms with Gasteiger partial charge in [0.1, 0.15) is 0 Å². The van der Waals surface area contributed by atoms with Gasteiger partial charge in [-0.25, -0.2) is 0 Å². The van der Waals surface area contributed by atoms with Gasteiger partial charge in [0.05, 0.1) is 11.8 Å². The number of carbonyl (C=O) groups excluding carboxylic acids is 1. The van der Waals surface area contributed by atoms with Crippen molar-refractivity contribution in [2.75, 3.05) is 13.1 Å². The van der Waals surface area contributed by atoms with Crippen molar-refractivity contribution in [3.8, 4) is 0 Å². The maximum absolute atomic E-state index is 12.6. The summed E-state index contributed by atoms with van der Waals surface area (Å²) >= 11 is 0. The Morgan fingerprint density at radius 3 is 2.39 bits per heavy atom. The Balaban J connectivity index is 0.00000162. The molecular weight excluding hydrogens is 269 g/mol. The van der Waals surface area contributed by atoms with Crippen LogP contribution in [0.2, 0.25) is 0 Å². The van der Waals surface area contributed by atoms with E-state index in [1.54, 1.807) is 0 Å². The zero-order chi connectivity index (χ0) is 12.5.